The van der Waals surface area contributed by atoms with Crippen LogP contribution in [0.25, 0.3) is 10.9 Å². The lowest BCUT2D eigenvalue weighted by molar-refractivity contribution is 0.0704. The first-order valence-electron chi connectivity index (χ1n) is 5.45. The maximum Gasteiger partial charge on any atom is 0.0989 e. The van der Waals surface area contributed by atoms with Crippen LogP contribution in [-0.2, 0) is 12.1 Å². The molecule has 1 N–H and O–H groups in total. The molecule has 2 rings (SSSR count). The maximum absolute atomic E-state index is 10.1. The molecule has 0 radical (unpaired) electrons. The first kappa shape index (κ1) is 11.7. The largest absolute Gasteiger partial charge is 0.384 e. The van der Waals surface area contributed by atoms with Gasteiger partial charge in [0.2, 0.25) is 0 Å². The Hall–Kier alpha value is -0.800. The highest BCUT2D eigenvalue weighted by atomic mass is 79.9. The van der Waals surface area contributed by atoms with Gasteiger partial charge in [-0.05, 0) is 39.0 Å². The molecule has 0 unspecified atom stereocenters. The standard InChI is InChI=1S/C13H16BrNO/c1-4-15-11-8-10(14)6-5-9(11)7-12(15)13(2,3)16/h5-8,16H,4H2,1-3H3. The number of aryl methyl sites for hydroxylation is 1. The molecule has 0 aliphatic heterocycles. The molecular formula is C13H16BrNO. The van der Waals surface area contributed by atoms with Crippen LogP contribution in [0.2, 0.25) is 0 Å². The fourth-order valence-corrected chi connectivity index (χ4v) is 2.42. The van der Waals surface area contributed by atoms with Crippen LogP contribution in [0.4, 0.5) is 0 Å². The van der Waals surface area contributed by atoms with Crippen molar-refractivity contribution in [2.24, 2.45) is 0 Å². The lowest BCUT2D eigenvalue weighted by Gasteiger charge is -2.20. The molecule has 0 amide bonds. The minimum absolute atomic E-state index is 0.804. The van der Waals surface area contributed by atoms with E-state index in [-0.39, 0.29) is 0 Å². The van der Waals surface area contributed by atoms with Crippen LogP contribution < -0.4 is 0 Å². The van der Waals surface area contributed by atoms with E-state index in [0.29, 0.717) is 0 Å². The van der Waals surface area contributed by atoms with Crippen LogP contribution in [0, 0.1) is 0 Å². The lowest BCUT2D eigenvalue weighted by atomic mass is 10.1. The molecule has 1 heterocycles. The summed E-state index contributed by atoms with van der Waals surface area (Å²) in [4.78, 5) is 0. The van der Waals surface area contributed by atoms with Crippen LogP contribution in [0.1, 0.15) is 26.5 Å². The number of hydrogen-bond donors (Lipinski definition) is 1. The quantitative estimate of drug-likeness (QED) is 0.893. The molecular weight excluding hydrogens is 266 g/mol. The Balaban J connectivity index is 2.77. The third-order valence-corrected chi connectivity index (χ3v) is 3.30. The zero-order chi connectivity index (χ0) is 11.9. The van der Waals surface area contributed by atoms with Gasteiger partial charge >= 0.3 is 0 Å². The molecule has 0 saturated carbocycles. The van der Waals surface area contributed by atoms with Crippen molar-refractivity contribution in [2.75, 3.05) is 0 Å². The van der Waals surface area contributed by atoms with Crippen LogP contribution in [-0.4, -0.2) is 9.67 Å². The number of hydrogen-bond acceptors (Lipinski definition) is 1. The average molecular weight is 282 g/mol. The summed E-state index contributed by atoms with van der Waals surface area (Å²) >= 11 is 3.48. The van der Waals surface area contributed by atoms with Crippen molar-refractivity contribution in [3.8, 4) is 0 Å². The van der Waals surface area contributed by atoms with Gasteiger partial charge in [0, 0.05) is 21.9 Å². The van der Waals surface area contributed by atoms with Gasteiger partial charge in [-0.1, -0.05) is 22.0 Å². The van der Waals surface area contributed by atoms with E-state index in [1.54, 1.807) is 0 Å². The molecule has 86 valence electrons. The highest BCUT2D eigenvalue weighted by Gasteiger charge is 2.21. The number of aliphatic hydroxyl groups is 1. The Morgan fingerprint density at radius 2 is 2.00 bits per heavy atom. The van der Waals surface area contributed by atoms with Crippen LogP contribution in [0.3, 0.4) is 0 Å². The number of nitrogens with zero attached hydrogens (tertiary/aromatic N) is 1. The summed E-state index contributed by atoms with van der Waals surface area (Å²) in [6, 6.07) is 8.25. The number of halogens is 1. The van der Waals surface area contributed by atoms with E-state index in [1.807, 2.05) is 19.9 Å². The van der Waals surface area contributed by atoms with Gasteiger partial charge in [0.15, 0.2) is 0 Å². The fraction of sp³-hybridized carbons (Fsp3) is 0.385. The van der Waals surface area contributed by atoms with E-state index in [0.717, 1.165) is 22.2 Å². The summed E-state index contributed by atoms with van der Waals surface area (Å²) < 4.78 is 3.22. The fourth-order valence-electron chi connectivity index (χ4n) is 2.08. The SMILES string of the molecule is CCn1c(C(C)(C)O)cc2ccc(Br)cc21. The predicted molar refractivity (Wildman–Crippen MR) is 70.6 cm³/mol. The molecule has 1 aromatic carbocycles. The summed E-state index contributed by atoms with van der Waals surface area (Å²) in [6.45, 7) is 6.60. The van der Waals surface area contributed by atoms with Gasteiger partial charge in [0.25, 0.3) is 0 Å². The van der Waals surface area contributed by atoms with Gasteiger partial charge in [-0.25, -0.2) is 0 Å². The monoisotopic (exact) mass is 281 g/mol. The Bertz CT molecular complexity index is 522. The zero-order valence-corrected chi connectivity index (χ0v) is 11.4. The summed E-state index contributed by atoms with van der Waals surface area (Å²) in [5.74, 6) is 0. The molecule has 0 aliphatic rings. The number of benzene rings is 1. The van der Waals surface area contributed by atoms with E-state index in [9.17, 15) is 5.11 Å². The first-order valence-corrected chi connectivity index (χ1v) is 6.24. The predicted octanol–water partition coefficient (Wildman–Crippen LogP) is 3.65. The number of aromatic nitrogens is 1. The average Bonchev–Trinajstić information content (AvgIpc) is 2.54. The highest BCUT2D eigenvalue weighted by molar-refractivity contribution is 9.10. The third kappa shape index (κ3) is 1.89. The van der Waals surface area contributed by atoms with Gasteiger partial charge in [0.1, 0.15) is 0 Å². The second kappa shape index (κ2) is 3.90. The van der Waals surface area contributed by atoms with E-state index >= 15 is 0 Å². The summed E-state index contributed by atoms with van der Waals surface area (Å²) in [5, 5.41) is 11.3. The minimum atomic E-state index is -0.804. The third-order valence-electron chi connectivity index (χ3n) is 2.81. The van der Waals surface area contributed by atoms with E-state index in [2.05, 4.69) is 45.6 Å². The van der Waals surface area contributed by atoms with Gasteiger partial charge in [-0.2, -0.15) is 0 Å². The molecule has 0 atom stereocenters. The maximum atomic E-state index is 10.1. The number of fused-ring (bicyclic) bond motifs is 1. The van der Waals surface area contributed by atoms with Crippen molar-refractivity contribution in [1.82, 2.24) is 4.57 Å². The van der Waals surface area contributed by atoms with Crippen LogP contribution in [0.15, 0.2) is 28.7 Å². The Labute approximate surface area is 104 Å². The minimum Gasteiger partial charge on any atom is -0.384 e. The summed E-state index contributed by atoms with van der Waals surface area (Å²) in [5.41, 5.74) is 1.32. The van der Waals surface area contributed by atoms with Crippen molar-refractivity contribution >= 4 is 26.8 Å². The first-order chi connectivity index (χ1) is 7.43. The second-order valence-electron chi connectivity index (χ2n) is 4.54. The Morgan fingerprint density at radius 1 is 1.31 bits per heavy atom. The smallest absolute Gasteiger partial charge is 0.0989 e. The Kier molecular flexibility index (Phi) is 2.84. The van der Waals surface area contributed by atoms with Gasteiger partial charge in [-0.3, -0.25) is 0 Å². The van der Waals surface area contributed by atoms with E-state index < -0.39 is 5.60 Å². The molecule has 0 saturated heterocycles. The normalized spacial score (nSPS) is 12.3. The molecule has 2 nitrogen and oxygen atoms in total. The molecule has 0 spiro atoms. The summed E-state index contributed by atoms with van der Waals surface area (Å²) in [6.07, 6.45) is 0. The van der Waals surface area contributed by atoms with Crippen LogP contribution in [0.5, 0.6) is 0 Å². The van der Waals surface area contributed by atoms with Gasteiger partial charge < -0.3 is 9.67 Å². The van der Waals surface area contributed by atoms with E-state index in [4.69, 9.17) is 0 Å². The van der Waals surface area contributed by atoms with Gasteiger partial charge in [-0.15, -0.1) is 0 Å². The zero-order valence-electron chi connectivity index (χ0n) is 9.79. The van der Waals surface area contributed by atoms with Crippen molar-refractivity contribution in [2.45, 2.75) is 32.9 Å². The second-order valence-corrected chi connectivity index (χ2v) is 5.45. The van der Waals surface area contributed by atoms with Crippen molar-refractivity contribution < 1.29 is 5.11 Å². The molecule has 1 aromatic heterocycles. The lowest BCUT2D eigenvalue weighted by Crippen LogP contribution is -2.20. The van der Waals surface area contributed by atoms with Crippen molar-refractivity contribution in [3.63, 3.8) is 0 Å². The van der Waals surface area contributed by atoms with Gasteiger partial charge in [0.05, 0.1) is 11.3 Å². The molecule has 2 aromatic rings. The van der Waals surface area contributed by atoms with Crippen LogP contribution >= 0.6 is 15.9 Å². The van der Waals surface area contributed by atoms with Crippen molar-refractivity contribution in [3.05, 3.63) is 34.4 Å². The summed E-state index contributed by atoms with van der Waals surface area (Å²) in [7, 11) is 0. The molecule has 3 heteroatoms. The van der Waals surface area contributed by atoms with E-state index in [1.165, 1.54) is 5.39 Å². The number of rotatable bonds is 2. The highest BCUT2D eigenvalue weighted by Crippen LogP contribution is 2.29. The molecule has 16 heavy (non-hydrogen) atoms. The molecule has 0 bridgehead atoms. The topological polar surface area (TPSA) is 25.2 Å². The van der Waals surface area contributed by atoms with Crippen molar-refractivity contribution in [1.29, 1.82) is 0 Å². The molecule has 0 fully saturated rings. The molecule has 0 aliphatic carbocycles. The Morgan fingerprint density at radius 3 is 2.56 bits per heavy atom.